The molecule has 0 amide bonds. The highest BCUT2D eigenvalue weighted by atomic mass is 16.5. The Bertz CT molecular complexity index is 352. The van der Waals surface area contributed by atoms with E-state index >= 15 is 0 Å². The Morgan fingerprint density at radius 3 is 2.36 bits per heavy atom. The molecule has 4 saturated heterocycles. The standard InChI is InChI=1S/C18H33N3O/c1-2-6-19(5-1)8-9-20-7-3-17-12-21(14-18(17)13-20)11-16-4-10-22-15-16/h16-18H,1-15H2/t16?,17-,18+/m0/s1. The molecular formula is C18H33N3O. The van der Waals surface area contributed by atoms with E-state index in [2.05, 4.69) is 14.7 Å². The van der Waals surface area contributed by atoms with E-state index in [-0.39, 0.29) is 0 Å². The first-order valence-electron chi connectivity index (χ1n) is 9.61. The summed E-state index contributed by atoms with van der Waals surface area (Å²) in [6.07, 6.45) is 5.56. The number of piperidine rings is 1. The van der Waals surface area contributed by atoms with E-state index < -0.39 is 0 Å². The van der Waals surface area contributed by atoms with Crippen molar-refractivity contribution in [1.82, 2.24) is 14.7 Å². The molecule has 0 saturated carbocycles. The highest BCUT2D eigenvalue weighted by Gasteiger charge is 2.37. The summed E-state index contributed by atoms with van der Waals surface area (Å²) >= 11 is 0. The predicted molar refractivity (Wildman–Crippen MR) is 89.1 cm³/mol. The normalized spacial score (nSPS) is 37.9. The van der Waals surface area contributed by atoms with Crippen LogP contribution < -0.4 is 0 Å². The van der Waals surface area contributed by atoms with Gasteiger partial charge < -0.3 is 19.4 Å². The molecule has 0 aliphatic carbocycles. The first-order chi connectivity index (χ1) is 10.9. The molecule has 4 nitrogen and oxygen atoms in total. The first-order valence-corrected chi connectivity index (χ1v) is 9.61. The van der Waals surface area contributed by atoms with Crippen LogP contribution in [0.3, 0.4) is 0 Å². The summed E-state index contributed by atoms with van der Waals surface area (Å²) in [6.45, 7) is 14.0. The zero-order chi connectivity index (χ0) is 14.8. The number of hydrogen-bond donors (Lipinski definition) is 0. The molecule has 0 bridgehead atoms. The molecular weight excluding hydrogens is 274 g/mol. The van der Waals surface area contributed by atoms with Gasteiger partial charge in [-0.2, -0.15) is 0 Å². The number of ether oxygens (including phenoxy) is 1. The minimum atomic E-state index is 0.812. The molecule has 4 fully saturated rings. The zero-order valence-corrected chi connectivity index (χ0v) is 14.1. The van der Waals surface area contributed by atoms with Crippen LogP contribution in [0.4, 0.5) is 0 Å². The van der Waals surface area contributed by atoms with Crippen molar-refractivity contribution in [3.05, 3.63) is 0 Å². The van der Waals surface area contributed by atoms with E-state index in [0.29, 0.717) is 0 Å². The molecule has 0 aromatic heterocycles. The second-order valence-corrected chi connectivity index (χ2v) is 8.11. The Morgan fingerprint density at radius 2 is 1.55 bits per heavy atom. The van der Waals surface area contributed by atoms with Crippen molar-refractivity contribution in [3.8, 4) is 0 Å². The van der Waals surface area contributed by atoms with E-state index in [9.17, 15) is 0 Å². The van der Waals surface area contributed by atoms with Crippen LogP contribution >= 0.6 is 0 Å². The average molecular weight is 307 g/mol. The lowest BCUT2D eigenvalue weighted by Gasteiger charge is -2.35. The van der Waals surface area contributed by atoms with Crippen molar-refractivity contribution in [1.29, 1.82) is 0 Å². The lowest BCUT2D eigenvalue weighted by Crippen LogP contribution is -2.43. The minimum absolute atomic E-state index is 0.812. The largest absolute Gasteiger partial charge is 0.381 e. The maximum absolute atomic E-state index is 5.54. The topological polar surface area (TPSA) is 19.0 Å². The molecule has 0 spiro atoms. The average Bonchev–Trinajstić information content (AvgIpc) is 3.26. The van der Waals surface area contributed by atoms with Crippen molar-refractivity contribution >= 4 is 0 Å². The van der Waals surface area contributed by atoms with Gasteiger partial charge >= 0.3 is 0 Å². The number of rotatable bonds is 5. The molecule has 126 valence electrons. The van der Waals surface area contributed by atoms with Gasteiger partial charge in [-0.05, 0) is 63.1 Å². The number of nitrogens with zero attached hydrogens (tertiary/aromatic N) is 3. The van der Waals surface area contributed by atoms with Gasteiger partial charge in [0, 0.05) is 45.9 Å². The Morgan fingerprint density at radius 1 is 0.773 bits per heavy atom. The van der Waals surface area contributed by atoms with Crippen molar-refractivity contribution < 1.29 is 4.74 Å². The van der Waals surface area contributed by atoms with Crippen molar-refractivity contribution in [2.24, 2.45) is 17.8 Å². The van der Waals surface area contributed by atoms with E-state index in [4.69, 9.17) is 4.74 Å². The van der Waals surface area contributed by atoms with E-state index in [0.717, 1.165) is 31.0 Å². The van der Waals surface area contributed by atoms with E-state index in [1.165, 1.54) is 84.6 Å². The molecule has 0 N–H and O–H groups in total. The van der Waals surface area contributed by atoms with Gasteiger partial charge in [0.2, 0.25) is 0 Å². The van der Waals surface area contributed by atoms with Gasteiger partial charge in [-0.15, -0.1) is 0 Å². The third-order valence-electron chi connectivity index (χ3n) is 6.43. The number of fused-ring (bicyclic) bond motifs is 1. The summed E-state index contributed by atoms with van der Waals surface area (Å²) in [5.41, 5.74) is 0. The summed E-state index contributed by atoms with van der Waals surface area (Å²) < 4.78 is 5.54. The molecule has 0 aromatic carbocycles. The summed E-state index contributed by atoms with van der Waals surface area (Å²) in [6, 6.07) is 0. The van der Waals surface area contributed by atoms with Gasteiger partial charge in [0.25, 0.3) is 0 Å². The predicted octanol–water partition coefficient (Wildman–Crippen LogP) is 1.37. The second-order valence-electron chi connectivity index (χ2n) is 8.11. The summed E-state index contributed by atoms with van der Waals surface area (Å²) in [5.74, 6) is 2.73. The maximum atomic E-state index is 5.54. The van der Waals surface area contributed by atoms with E-state index in [1.54, 1.807) is 0 Å². The lowest BCUT2D eigenvalue weighted by molar-refractivity contribution is 0.134. The van der Waals surface area contributed by atoms with Crippen LogP contribution in [0.5, 0.6) is 0 Å². The monoisotopic (exact) mass is 307 g/mol. The van der Waals surface area contributed by atoms with Gasteiger partial charge in [-0.25, -0.2) is 0 Å². The fraction of sp³-hybridized carbons (Fsp3) is 1.00. The second kappa shape index (κ2) is 7.16. The molecule has 4 heterocycles. The first kappa shape index (κ1) is 15.4. The van der Waals surface area contributed by atoms with Crippen LogP contribution in [0.25, 0.3) is 0 Å². The lowest BCUT2D eigenvalue weighted by atomic mass is 9.89. The Balaban J connectivity index is 1.21. The van der Waals surface area contributed by atoms with Gasteiger partial charge in [0.1, 0.15) is 0 Å². The van der Waals surface area contributed by atoms with Gasteiger partial charge in [0.15, 0.2) is 0 Å². The maximum Gasteiger partial charge on any atom is 0.0507 e. The molecule has 4 heteroatoms. The Hall–Kier alpha value is -0.160. The molecule has 4 aliphatic rings. The van der Waals surface area contributed by atoms with Crippen LogP contribution in [0, 0.1) is 17.8 Å². The molecule has 4 rings (SSSR count). The smallest absolute Gasteiger partial charge is 0.0507 e. The third-order valence-corrected chi connectivity index (χ3v) is 6.43. The summed E-state index contributed by atoms with van der Waals surface area (Å²) in [5, 5.41) is 0. The van der Waals surface area contributed by atoms with Crippen LogP contribution in [-0.2, 0) is 4.74 Å². The fourth-order valence-corrected chi connectivity index (χ4v) is 5.07. The van der Waals surface area contributed by atoms with Crippen LogP contribution in [0.2, 0.25) is 0 Å². The Labute approximate surface area is 135 Å². The quantitative estimate of drug-likeness (QED) is 0.763. The van der Waals surface area contributed by atoms with Crippen molar-refractivity contribution in [2.75, 3.05) is 72.1 Å². The minimum Gasteiger partial charge on any atom is -0.381 e. The number of hydrogen-bond acceptors (Lipinski definition) is 4. The van der Waals surface area contributed by atoms with Gasteiger partial charge in [-0.1, -0.05) is 0 Å². The van der Waals surface area contributed by atoms with Crippen LogP contribution in [-0.4, -0.2) is 86.8 Å². The van der Waals surface area contributed by atoms with Crippen LogP contribution in [0.1, 0.15) is 25.7 Å². The number of likely N-dealkylation sites (tertiary alicyclic amines) is 3. The Kier molecular flexibility index (Phi) is 5.01. The van der Waals surface area contributed by atoms with Crippen molar-refractivity contribution in [3.63, 3.8) is 0 Å². The summed E-state index contributed by atoms with van der Waals surface area (Å²) in [7, 11) is 0. The fourth-order valence-electron chi connectivity index (χ4n) is 5.07. The molecule has 0 radical (unpaired) electrons. The van der Waals surface area contributed by atoms with E-state index in [1.807, 2.05) is 0 Å². The van der Waals surface area contributed by atoms with Crippen LogP contribution in [0.15, 0.2) is 0 Å². The third kappa shape index (κ3) is 3.66. The molecule has 22 heavy (non-hydrogen) atoms. The molecule has 1 unspecified atom stereocenters. The van der Waals surface area contributed by atoms with Gasteiger partial charge in [0.05, 0.1) is 6.61 Å². The highest BCUT2D eigenvalue weighted by molar-refractivity contribution is 4.91. The zero-order valence-electron chi connectivity index (χ0n) is 14.1. The summed E-state index contributed by atoms with van der Waals surface area (Å²) in [4.78, 5) is 8.16. The van der Waals surface area contributed by atoms with Crippen molar-refractivity contribution in [2.45, 2.75) is 25.7 Å². The molecule has 4 aliphatic heterocycles. The highest BCUT2D eigenvalue weighted by Crippen LogP contribution is 2.32. The molecule has 0 aromatic rings. The van der Waals surface area contributed by atoms with Gasteiger partial charge in [-0.3, -0.25) is 0 Å². The SMILES string of the molecule is C1CCN(CCN2CC[C@H]3CN(CC4CCOC4)C[C@H]3C2)C1. The molecule has 3 atom stereocenters.